The zero-order valence-electron chi connectivity index (χ0n) is 9.50. The quantitative estimate of drug-likeness (QED) is 0.406. The van der Waals surface area contributed by atoms with Crippen LogP contribution in [0.4, 0.5) is 0 Å². The van der Waals surface area contributed by atoms with E-state index in [2.05, 4.69) is 0 Å². The number of carbonyl (C=O) groups excluding carboxylic acids is 2. The Kier molecular flexibility index (Phi) is 8.93. The molecule has 0 aliphatic rings. The number of aliphatic hydroxyl groups is 1. The molecule has 0 bridgehead atoms. The van der Waals surface area contributed by atoms with E-state index in [1.165, 1.54) is 0 Å². The fraction of sp³-hybridized carbons (Fsp3) is 0.800. The van der Waals surface area contributed by atoms with Gasteiger partial charge in [0.15, 0.2) is 12.6 Å². The van der Waals surface area contributed by atoms with Crippen molar-refractivity contribution in [1.82, 2.24) is 0 Å². The van der Waals surface area contributed by atoms with Gasteiger partial charge in [-0.1, -0.05) is 0 Å². The minimum Gasteiger partial charge on any atom is -0.394 e. The number of hydrogen-bond donors (Lipinski definition) is 1. The second kappa shape index (κ2) is 9.41. The van der Waals surface area contributed by atoms with Crippen molar-refractivity contribution in [2.75, 3.05) is 19.8 Å². The predicted molar refractivity (Wildman–Crippen MR) is 54.9 cm³/mol. The topological polar surface area (TPSA) is 82.1 Å². The zero-order chi connectivity index (χ0) is 12.4. The van der Waals surface area contributed by atoms with Crippen molar-refractivity contribution in [3.05, 3.63) is 0 Å². The molecule has 0 fully saturated rings. The van der Waals surface area contributed by atoms with Crippen LogP contribution in [-0.2, 0) is 23.8 Å². The van der Waals surface area contributed by atoms with Crippen LogP contribution in [0.2, 0.25) is 0 Å². The third kappa shape index (κ3) is 5.32. The summed E-state index contributed by atoms with van der Waals surface area (Å²) in [5, 5.41) is 9.03. The maximum absolute atomic E-state index is 10.7. The largest absolute Gasteiger partial charge is 0.394 e. The van der Waals surface area contributed by atoms with E-state index < -0.39 is 25.1 Å². The number of ether oxygens (including phenoxy) is 3. The molecule has 0 aliphatic heterocycles. The van der Waals surface area contributed by atoms with Gasteiger partial charge < -0.3 is 24.1 Å². The molecule has 16 heavy (non-hydrogen) atoms. The van der Waals surface area contributed by atoms with Gasteiger partial charge in [-0.05, 0) is 13.8 Å². The molecule has 94 valence electrons. The first-order valence-corrected chi connectivity index (χ1v) is 5.13. The lowest BCUT2D eigenvalue weighted by Crippen LogP contribution is -2.40. The van der Waals surface area contributed by atoms with Crippen LogP contribution in [0.1, 0.15) is 13.8 Å². The number of rotatable bonds is 10. The van der Waals surface area contributed by atoms with E-state index in [9.17, 15) is 9.59 Å². The number of aldehydes is 2. The minimum atomic E-state index is -1.09. The van der Waals surface area contributed by atoms with Crippen LogP contribution >= 0.6 is 0 Å². The fourth-order valence-corrected chi connectivity index (χ4v) is 1.10. The molecular formula is C10H18O6. The molecule has 6 heteroatoms. The van der Waals surface area contributed by atoms with Crippen molar-refractivity contribution >= 4 is 12.6 Å². The summed E-state index contributed by atoms with van der Waals surface area (Å²) >= 11 is 0. The van der Waals surface area contributed by atoms with Crippen molar-refractivity contribution in [1.29, 1.82) is 0 Å². The van der Waals surface area contributed by atoms with Crippen LogP contribution in [0.3, 0.4) is 0 Å². The van der Waals surface area contributed by atoms with Crippen LogP contribution in [0.5, 0.6) is 0 Å². The Hall–Kier alpha value is -0.820. The summed E-state index contributed by atoms with van der Waals surface area (Å²) in [7, 11) is 0. The predicted octanol–water partition coefficient (Wildman–Crippen LogP) is -0.471. The molecule has 0 spiro atoms. The van der Waals surface area contributed by atoms with E-state index in [1.54, 1.807) is 13.8 Å². The summed E-state index contributed by atoms with van der Waals surface area (Å²) in [6, 6.07) is 0. The average Bonchev–Trinajstić information content (AvgIpc) is 2.32. The normalized spacial score (nSPS) is 16.4. The van der Waals surface area contributed by atoms with Gasteiger partial charge in [0.25, 0.3) is 0 Å². The van der Waals surface area contributed by atoms with E-state index in [0.717, 1.165) is 0 Å². The first kappa shape index (κ1) is 15.2. The maximum atomic E-state index is 10.7. The SMILES string of the molecule is CCOC(C=O)OC(CO)C(C=O)OCC. The van der Waals surface area contributed by atoms with Gasteiger partial charge in [0.1, 0.15) is 12.2 Å². The second-order valence-corrected chi connectivity index (χ2v) is 2.87. The van der Waals surface area contributed by atoms with Crippen molar-refractivity contribution < 1.29 is 28.9 Å². The monoisotopic (exact) mass is 234 g/mol. The first-order valence-electron chi connectivity index (χ1n) is 5.13. The molecule has 1 N–H and O–H groups in total. The summed E-state index contributed by atoms with van der Waals surface area (Å²) in [5.74, 6) is 0. The van der Waals surface area contributed by atoms with Crippen LogP contribution < -0.4 is 0 Å². The Bertz CT molecular complexity index is 196. The molecule has 0 aromatic rings. The Morgan fingerprint density at radius 2 is 1.75 bits per heavy atom. The van der Waals surface area contributed by atoms with Gasteiger partial charge >= 0.3 is 0 Å². The zero-order valence-corrected chi connectivity index (χ0v) is 9.50. The van der Waals surface area contributed by atoms with Gasteiger partial charge in [-0.2, -0.15) is 0 Å². The van der Waals surface area contributed by atoms with Crippen LogP contribution in [0, 0.1) is 0 Å². The van der Waals surface area contributed by atoms with Gasteiger partial charge in [-0.3, -0.25) is 4.79 Å². The molecule has 0 amide bonds. The number of aliphatic hydroxyl groups excluding tert-OH is 1. The Morgan fingerprint density at radius 1 is 1.12 bits per heavy atom. The van der Waals surface area contributed by atoms with Gasteiger partial charge in [-0.15, -0.1) is 0 Å². The van der Waals surface area contributed by atoms with Gasteiger partial charge in [-0.25, -0.2) is 0 Å². The average molecular weight is 234 g/mol. The Balaban J connectivity index is 4.33. The lowest BCUT2D eigenvalue weighted by atomic mass is 10.2. The van der Waals surface area contributed by atoms with E-state index in [-0.39, 0.29) is 0 Å². The maximum Gasteiger partial charge on any atom is 0.215 e. The molecule has 0 aromatic heterocycles. The van der Waals surface area contributed by atoms with Crippen LogP contribution in [-0.4, -0.2) is 56.0 Å². The third-order valence-electron chi connectivity index (χ3n) is 1.79. The van der Waals surface area contributed by atoms with Crippen LogP contribution in [0.25, 0.3) is 0 Å². The van der Waals surface area contributed by atoms with Crippen molar-refractivity contribution in [3.8, 4) is 0 Å². The first-order chi connectivity index (χ1) is 7.73. The number of hydrogen-bond acceptors (Lipinski definition) is 6. The van der Waals surface area contributed by atoms with Crippen LogP contribution in [0.15, 0.2) is 0 Å². The molecule has 6 nitrogen and oxygen atoms in total. The summed E-state index contributed by atoms with van der Waals surface area (Å²) in [6.07, 6.45) is -1.92. The van der Waals surface area contributed by atoms with E-state index in [4.69, 9.17) is 19.3 Å². The molecule has 0 saturated heterocycles. The molecule has 0 aliphatic carbocycles. The highest BCUT2D eigenvalue weighted by Gasteiger charge is 2.25. The highest BCUT2D eigenvalue weighted by Crippen LogP contribution is 2.06. The summed E-state index contributed by atoms with van der Waals surface area (Å²) in [4.78, 5) is 21.2. The lowest BCUT2D eigenvalue weighted by Gasteiger charge is -2.23. The third-order valence-corrected chi connectivity index (χ3v) is 1.79. The standard InChI is InChI=1S/C10H18O6/c1-3-14-8(5-11)9(6-12)16-10(7-13)15-4-2/h5,7-10,12H,3-4,6H2,1-2H3. The smallest absolute Gasteiger partial charge is 0.215 e. The molecule has 0 saturated carbocycles. The fourth-order valence-electron chi connectivity index (χ4n) is 1.10. The second-order valence-electron chi connectivity index (χ2n) is 2.87. The molecule has 0 heterocycles. The van der Waals surface area contributed by atoms with Crippen molar-refractivity contribution in [3.63, 3.8) is 0 Å². The van der Waals surface area contributed by atoms with Gasteiger partial charge in [0.2, 0.25) is 6.29 Å². The molecule has 3 atom stereocenters. The molecule has 0 aromatic carbocycles. The molecule has 3 unspecified atom stereocenters. The van der Waals surface area contributed by atoms with Gasteiger partial charge in [0.05, 0.1) is 6.61 Å². The van der Waals surface area contributed by atoms with E-state index in [0.29, 0.717) is 25.8 Å². The Labute approximate surface area is 94.5 Å². The molecule has 0 rings (SSSR count). The van der Waals surface area contributed by atoms with Crippen molar-refractivity contribution in [2.24, 2.45) is 0 Å². The molecule has 0 radical (unpaired) electrons. The Morgan fingerprint density at radius 3 is 2.12 bits per heavy atom. The van der Waals surface area contributed by atoms with E-state index >= 15 is 0 Å². The summed E-state index contributed by atoms with van der Waals surface area (Å²) in [5.41, 5.74) is 0. The number of carbonyl (C=O) groups is 2. The lowest BCUT2D eigenvalue weighted by molar-refractivity contribution is -0.195. The summed E-state index contributed by atoms with van der Waals surface area (Å²) in [6.45, 7) is 3.59. The molecular weight excluding hydrogens is 216 g/mol. The highest BCUT2D eigenvalue weighted by atomic mass is 16.7. The van der Waals surface area contributed by atoms with Crippen molar-refractivity contribution in [2.45, 2.75) is 32.3 Å². The highest BCUT2D eigenvalue weighted by molar-refractivity contribution is 5.57. The summed E-state index contributed by atoms with van der Waals surface area (Å²) < 4.78 is 15.1. The minimum absolute atomic E-state index is 0.294. The van der Waals surface area contributed by atoms with Gasteiger partial charge in [0, 0.05) is 13.2 Å². The van der Waals surface area contributed by atoms with E-state index in [1.807, 2.05) is 0 Å².